The van der Waals surface area contributed by atoms with E-state index in [-0.39, 0.29) is 0 Å². The Labute approximate surface area is 121 Å². The van der Waals surface area contributed by atoms with E-state index in [9.17, 15) is 0 Å². The fourth-order valence-corrected chi connectivity index (χ4v) is 2.55. The average Bonchev–Trinajstić information content (AvgIpc) is 2.86. The van der Waals surface area contributed by atoms with Crippen molar-refractivity contribution in [2.24, 2.45) is 0 Å². The van der Waals surface area contributed by atoms with Crippen LogP contribution in [0.4, 0.5) is 0 Å². The van der Waals surface area contributed by atoms with E-state index >= 15 is 0 Å². The van der Waals surface area contributed by atoms with Gasteiger partial charge in [-0.25, -0.2) is 0 Å². The zero-order valence-corrected chi connectivity index (χ0v) is 13.1. The Morgan fingerprint density at radius 3 is 2.58 bits per heavy atom. The molecule has 1 aromatic rings. The van der Waals surface area contributed by atoms with Gasteiger partial charge in [-0.2, -0.15) is 0 Å². The maximum absolute atomic E-state index is 5.60. The Morgan fingerprint density at radius 2 is 1.79 bits per heavy atom. The van der Waals surface area contributed by atoms with Crippen LogP contribution in [0.3, 0.4) is 0 Å². The van der Waals surface area contributed by atoms with Crippen molar-refractivity contribution >= 4 is 11.3 Å². The molecule has 1 N–H and O–H groups in total. The number of nitrogens with one attached hydrogen (secondary N) is 1. The van der Waals surface area contributed by atoms with Gasteiger partial charge >= 0.3 is 0 Å². The minimum Gasteiger partial charge on any atom is -0.379 e. The molecule has 0 radical (unpaired) electrons. The fourth-order valence-electron chi connectivity index (χ4n) is 1.62. The Hall–Kier alpha value is -0.420. The van der Waals surface area contributed by atoms with E-state index in [0.29, 0.717) is 19.8 Å². The third-order valence-corrected chi connectivity index (χ3v) is 3.76. The first-order chi connectivity index (χ1) is 9.36. The molecule has 0 spiro atoms. The SMILES string of the molecule is CCCCOCCOCc1ccc(CNCCC)s1. The molecule has 0 fully saturated rings. The summed E-state index contributed by atoms with van der Waals surface area (Å²) in [7, 11) is 0. The summed E-state index contributed by atoms with van der Waals surface area (Å²) >= 11 is 1.83. The minimum atomic E-state index is 0.686. The van der Waals surface area contributed by atoms with Crippen molar-refractivity contribution in [2.45, 2.75) is 46.3 Å². The summed E-state index contributed by atoms with van der Waals surface area (Å²) in [4.78, 5) is 2.67. The van der Waals surface area contributed by atoms with Crippen LogP contribution in [0.5, 0.6) is 0 Å². The second kappa shape index (κ2) is 11.4. The van der Waals surface area contributed by atoms with E-state index in [1.807, 2.05) is 11.3 Å². The lowest BCUT2D eigenvalue weighted by atomic mass is 10.4. The van der Waals surface area contributed by atoms with Gasteiger partial charge in [0.2, 0.25) is 0 Å². The average molecular weight is 285 g/mol. The lowest BCUT2D eigenvalue weighted by molar-refractivity contribution is 0.0406. The van der Waals surface area contributed by atoms with Gasteiger partial charge in [-0.3, -0.25) is 0 Å². The monoisotopic (exact) mass is 285 g/mol. The summed E-state index contributed by atoms with van der Waals surface area (Å²) in [6, 6.07) is 4.34. The molecule has 0 unspecified atom stereocenters. The lowest BCUT2D eigenvalue weighted by Gasteiger charge is -2.04. The van der Waals surface area contributed by atoms with Crippen molar-refractivity contribution in [1.82, 2.24) is 5.32 Å². The Bertz CT molecular complexity index is 315. The fraction of sp³-hybridized carbons (Fsp3) is 0.733. The first-order valence-electron chi connectivity index (χ1n) is 7.30. The molecule has 0 aliphatic heterocycles. The standard InChI is InChI=1S/C15H27NO2S/c1-3-5-9-17-10-11-18-13-15-7-6-14(19-15)12-16-8-4-2/h6-7,16H,3-5,8-13H2,1-2H3. The van der Waals surface area contributed by atoms with Crippen molar-refractivity contribution < 1.29 is 9.47 Å². The summed E-state index contributed by atoms with van der Waals surface area (Å²) in [5.41, 5.74) is 0. The molecule has 3 nitrogen and oxygen atoms in total. The first kappa shape index (κ1) is 16.6. The quantitative estimate of drug-likeness (QED) is 0.595. The van der Waals surface area contributed by atoms with Gasteiger partial charge in [0.05, 0.1) is 19.8 Å². The number of ether oxygens (including phenoxy) is 2. The smallest absolute Gasteiger partial charge is 0.0810 e. The van der Waals surface area contributed by atoms with Crippen LogP contribution in [0.15, 0.2) is 12.1 Å². The highest BCUT2D eigenvalue weighted by Crippen LogP contribution is 2.17. The van der Waals surface area contributed by atoms with Crippen molar-refractivity contribution in [3.63, 3.8) is 0 Å². The van der Waals surface area contributed by atoms with Gasteiger partial charge in [0.1, 0.15) is 0 Å². The summed E-state index contributed by atoms with van der Waals surface area (Å²) < 4.78 is 11.1. The predicted octanol–water partition coefficient (Wildman–Crippen LogP) is 3.58. The van der Waals surface area contributed by atoms with Crippen LogP contribution in [0, 0.1) is 0 Å². The van der Waals surface area contributed by atoms with E-state index in [1.54, 1.807) is 0 Å². The molecule has 0 saturated heterocycles. The molecule has 19 heavy (non-hydrogen) atoms. The van der Waals surface area contributed by atoms with Crippen molar-refractivity contribution in [1.29, 1.82) is 0 Å². The highest BCUT2D eigenvalue weighted by Gasteiger charge is 2.00. The number of hydrogen-bond donors (Lipinski definition) is 1. The van der Waals surface area contributed by atoms with Gasteiger partial charge in [0.25, 0.3) is 0 Å². The number of unbranched alkanes of at least 4 members (excludes halogenated alkanes) is 1. The molecule has 0 atom stereocenters. The Morgan fingerprint density at radius 1 is 1.00 bits per heavy atom. The Balaban J connectivity index is 2.03. The van der Waals surface area contributed by atoms with Gasteiger partial charge in [0, 0.05) is 22.9 Å². The zero-order valence-electron chi connectivity index (χ0n) is 12.2. The highest BCUT2D eigenvalue weighted by atomic mass is 32.1. The normalized spacial score (nSPS) is 11.1. The Kier molecular flexibility index (Phi) is 9.99. The van der Waals surface area contributed by atoms with Gasteiger partial charge < -0.3 is 14.8 Å². The second-order valence-corrected chi connectivity index (χ2v) is 5.82. The number of hydrogen-bond acceptors (Lipinski definition) is 4. The minimum absolute atomic E-state index is 0.686. The predicted molar refractivity (Wildman–Crippen MR) is 81.7 cm³/mol. The van der Waals surface area contributed by atoms with Gasteiger partial charge in [0.15, 0.2) is 0 Å². The van der Waals surface area contributed by atoms with E-state index in [2.05, 4.69) is 31.3 Å². The third kappa shape index (κ3) is 8.37. The van der Waals surface area contributed by atoms with Crippen LogP contribution in [0.1, 0.15) is 42.9 Å². The van der Waals surface area contributed by atoms with Gasteiger partial charge in [-0.15, -0.1) is 11.3 Å². The topological polar surface area (TPSA) is 30.5 Å². The van der Waals surface area contributed by atoms with Crippen molar-refractivity contribution in [3.05, 3.63) is 21.9 Å². The maximum atomic E-state index is 5.60. The molecule has 0 aliphatic carbocycles. The second-order valence-electron chi connectivity index (χ2n) is 4.56. The number of thiophene rings is 1. The summed E-state index contributed by atoms with van der Waals surface area (Å²) in [5.74, 6) is 0. The first-order valence-corrected chi connectivity index (χ1v) is 8.12. The molecular formula is C15H27NO2S. The van der Waals surface area contributed by atoms with E-state index in [0.717, 1.165) is 26.1 Å². The van der Waals surface area contributed by atoms with Gasteiger partial charge in [-0.05, 0) is 31.5 Å². The molecule has 4 heteroatoms. The maximum Gasteiger partial charge on any atom is 0.0810 e. The molecule has 1 rings (SSSR count). The van der Waals surface area contributed by atoms with Crippen LogP contribution in [-0.4, -0.2) is 26.4 Å². The molecule has 0 amide bonds. The van der Waals surface area contributed by atoms with Crippen molar-refractivity contribution in [3.8, 4) is 0 Å². The lowest BCUT2D eigenvalue weighted by Crippen LogP contribution is -2.12. The highest BCUT2D eigenvalue weighted by molar-refractivity contribution is 7.11. The summed E-state index contributed by atoms with van der Waals surface area (Å²) in [6.45, 7) is 9.35. The molecule has 0 aromatic carbocycles. The molecule has 1 aromatic heterocycles. The van der Waals surface area contributed by atoms with Crippen LogP contribution in [-0.2, 0) is 22.6 Å². The van der Waals surface area contributed by atoms with Crippen LogP contribution >= 0.6 is 11.3 Å². The third-order valence-electron chi connectivity index (χ3n) is 2.70. The molecular weight excluding hydrogens is 258 g/mol. The number of rotatable bonds is 12. The molecule has 110 valence electrons. The van der Waals surface area contributed by atoms with Crippen molar-refractivity contribution in [2.75, 3.05) is 26.4 Å². The van der Waals surface area contributed by atoms with Crippen LogP contribution in [0.2, 0.25) is 0 Å². The zero-order chi connectivity index (χ0) is 13.8. The molecule has 1 heterocycles. The summed E-state index contributed by atoms with van der Waals surface area (Å²) in [5, 5.41) is 3.41. The largest absolute Gasteiger partial charge is 0.379 e. The molecule has 0 saturated carbocycles. The van der Waals surface area contributed by atoms with E-state index in [1.165, 1.54) is 22.6 Å². The van der Waals surface area contributed by atoms with Crippen LogP contribution < -0.4 is 5.32 Å². The van der Waals surface area contributed by atoms with E-state index in [4.69, 9.17) is 9.47 Å². The van der Waals surface area contributed by atoms with E-state index < -0.39 is 0 Å². The van der Waals surface area contributed by atoms with Gasteiger partial charge in [-0.1, -0.05) is 20.3 Å². The summed E-state index contributed by atoms with van der Waals surface area (Å²) in [6.07, 6.45) is 3.50. The molecule has 0 aliphatic rings. The molecule has 0 bridgehead atoms. The van der Waals surface area contributed by atoms with Crippen LogP contribution in [0.25, 0.3) is 0 Å².